The molecule has 0 fully saturated rings. The van der Waals surface area contributed by atoms with Crippen molar-refractivity contribution >= 4 is 5.78 Å². The number of Topliss-reactive ketones (excluding diaryl/α,β-unsaturated/α-hetero) is 1. The first-order valence-corrected chi connectivity index (χ1v) is 3.89. The van der Waals surface area contributed by atoms with Gasteiger partial charge in [-0.15, -0.1) is 0 Å². The van der Waals surface area contributed by atoms with Gasteiger partial charge in [0.1, 0.15) is 0 Å². The first-order chi connectivity index (χ1) is 6.32. The minimum Gasteiger partial charge on any atom is -0.429 e. The van der Waals surface area contributed by atoms with Crippen molar-refractivity contribution in [2.45, 2.75) is 20.0 Å². The van der Waals surface area contributed by atoms with Crippen molar-refractivity contribution in [3.8, 4) is 0 Å². The third-order valence-corrected chi connectivity index (χ3v) is 1.52. The van der Waals surface area contributed by atoms with Crippen LogP contribution in [0.1, 0.15) is 30.3 Å². The normalized spacial score (nSPS) is 12.1. The Kier molecular flexibility index (Phi) is 2.64. The summed E-state index contributed by atoms with van der Waals surface area (Å²) in [6.45, 7) is 3.11. The molecule has 0 saturated carbocycles. The summed E-state index contributed by atoms with van der Waals surface area (Å²) in [5.41, 5.74) is 0. The van der Waals surface area contributed by atoms with E-state index >= 15 is 0 Å². The van der Waals surface area contributed by atoms with E-state index in [4.69, 9.17) is 0 Å². The topological polar surface area (TPSA) is 43.1 Å². The zero-order valence-corrected chi connectivity index (χ0v) is 7.55. The number of alkyl halides is 3. The van der Waals surface area contributed by atoms with Crippen molar-refractivity contribution in [3.05, 3.63) is 17.8 Å². The van der Waals surface area contributed by atoms with Gasteiger partial charge in [-0.3, -0.25) is 4.79 Å². The zero-order chi connectivity index (χ0) is 10.9. The number of carbonyl (C=O) groups excluding carboxylic acids is 1. The average Bonchev–Trinajstić information content (AvgIpc) is 2.49. The van der Waals surface area contributed by atoms with Crippen LogP contribution in [0.15, 0.2) is 10.6 Å². The van der Waals surface area contributed by atoms with Gasteiger partial charge in [-0.1, -0.05) is 13.8 Å². The number of aromatic nitrogens is 1. The van der Waals surface area contributed by atoms with Crippen LogP contribution in [0, 0.1) is 5.92 Å². The fourth-order valence-electron chi connectivity index (χ4n) is 0.766. The molecule has 0 bridgehead atoms. The van der Waals surface area contributed by atoms with Gasteiger partial charge in [-0.05, 0) is 0 Å². The van der Waals surface area contributed by atoms with Gasteiger partial charge in [0.25, 0.3) is 5.89 Å². The lowest BCUT2D eigenvalue weighted by atomic mass is 10.1. The number of ketones is 1. The molecule has 0 aliphatic rings. The number of hydrogen-bond donors (Lipinski definition) is 0. The fraction of sp³-hybridized carbons (Fsp3) is 0.500. The second-order valence-corrected chi connectivity index (χ2v) is 3.05. The maximum absolute atomic E-state index is 12.0. The number of rotatable bonds is 2. The molecule has 1 heterocycles. The lowest BCUT2D eigenvalue weighted by Gasteiger charge is -2.00. The van der Waals surface area contributed by atoms with Crippen LogP contribution in [-0.4, -0.2) is 10.8 Å². The van der Waals surface area contributed by atoms with Crippen molar-refractivity contribution in [2.24, 2.45) is 5.92 Å². The highest BCUT2D eigenvalue weighted by atomic mass is 19.4. The Bertz CT molecular complexity index is 341. The summed E-state index contributed by atoms with van der Waals surface area (Å²) in [5.74, 6) is -2.72. The predicted molar refractivity (Wildman–Crippen MR) is 40.7 cm³/mol. The summed E-state index contributed by atoms with van der Waals surface area (Å²) in [6.07, 6.45) is -4.09. The highest BCUT2D eigenvalue weighted by molar-refractivity contribution is 5.93. The van der Waals surface area contributed by atoms with E-state index in [0.29, 0.717) is 6.20 Å². The van der Waals surface area contributed by atoms with Gasteiger partial charge in [0, 0.05) is 5.92 Å². The third-order valence-electron chi connectivity index (χ3n) is 1.52. The molecule has 0 aliphatic heterocycles. The Morgan fingerprint density at radius 3 is 2.43 bits per heavy atom. The van der Waals surface area contributed by atoms with Gasteiger partial charge < -0.3 is 4.42 Å². The molecule has 3 nitrogen and oxygen atoms in total. The Balaban J connectivity index is 2.95. The van der Waals surface area contributed by atoms with Crippen molar-refractivity contribution in [1.29, 1.82) is 0 Å². The van der Waals surface area contributed by atoms with Crippen LogP contribution in [0.5, 0.6) is 0 Å². The Morgan fingerprint density at radius 2 is 2.07 bits per heavy atom. The standard InChI is InChI=1S/C8H8F3NO2/c1-4(2)6(13)7-12-3-5(14-7)8(9,10)11/h3-4H,1-2H3. The minimum atomic E-state index is -4.59. The number of nitrogens with zero attached hydrogens (tertiary/aromatic N) is 1. The highest BCUT2D eigenvalue weighted by Gasteiger charge is 2.36. The summed E-state index contributed by atoms with van der Waals surface area (Å²) < 4.78 is 40.3. The molecule has 0 amide bonds. The molecule has 0 aliphatic carbocycles. The lowest BCUT2D eigenvalue weighted by Crippen LogP contribution is -2.08. The van der Waals surface area contributed by atoms with Gasteiger partial charge in [0.2, 0.25) is 11.5 Å². The molecule has 1 aromatic heterocycles. The first-order valence-electron chi connectivity index (χ1n) is 3.89. The van der Waals surface area contributed by atoms with Crippen molar-refractivity contribution < 1.29 is 22.4 Å². The monoisotopic (exact) mass is 207 g/mol. The third kappa shape index (κ3) is 2.12. The quantitative estimate of drug-likeness (QED) is 0.700. The Hall–Kier alpha value is -1.33. The van der Waals surface area contributed by atoms with Crippen LogP contribution in [0.4, 0.5) is 13.2 Å². The van der Waals surface area contributed by atoms with Crippen LogP contribution >= 0.6 is 0 Å². The number of carbonyl (C=O) groups is 1. The van der Waals surface area contributed by atoms with Crippen LogP contribution in [0.25, 0.3) is 0 Å². The van der Waals surface area contributed by atoms with Gasteiger partial charge in [0.15, 0.2) is 0 Å². The number of hydrogen-bond acceptors (Lipinski definition) is 3. The van der Waals surface area contributed by atoms with Gasteiger partial charge in [0.05, 0.1) is 6.20 Å². The first kappa shape index (κ1) is 10.7. The summed E-state index contributed by atoms with van der Waals surface area (Å²) in [7, 11) is 0. The van der Waals surface area contributed by atoms with Gasteiger partial charge in [-0.25, -0.2) is 4.98 Å². The average molecular weight is 207 g/mol. The molecular formula is C8H8F3NO2. The van der Waals surface area contributed by atoms with E-state index in [0.717, 1.165) is 0 Å². The molecule has 0 radical (unpaired) electrons. The number of oxazole rings is 1. The molecular weight excluding hydrogens is 199 g/mol. The van der Waals surface area contributed by atoms with E-state index in [9.17, 15) is 18.0 Å². The Labute approximate surface area is 77.9 Å². The molecule has 6 heteroatoms. The van der Waals surface area contributed by atoms with E-state index < -0.39 is 29.5 Å². The molecule has 1 aromatic rings. The fourth-order valence-corrected chi connectivity index (χ4v) is 0.766. The smallest absolute Gasteiger partial charge is 0.429 e. The van der Waals surface area contributed by atoms with Crippen LogP contribution in [0.3, 0.4) is 0 Å². The van der Waals surface area contributed by atoms with E-state index in [1.165, 1.54) is 0 Å². The molecule has 78 valence electrons. The van der Waals surface area contributed by atoms with Gasteiger partial charge in [-0.2, -0.15) is 13.2 Å². The van der Waals surface area contributed by atoms with E-state index in [1.807, 2.05) is 0 Å². The number of halogens is 3. The maximum atomic E-state index is 12.0. The second-order valence-electron chi connectivity index (χ2n) is 3.05. The van der Waals surface area contributed by atoms with E-state index in [-0.39, 0.29) is 0 Å². The molecule has 0 aromatic carbocycles. The molecule has 0 atom stereocenters. The molecule has 1 rings (SSSR count). The summed E-state index contributed by atoms with van der Waals surface area (Å²) in [4.78, 5) is 14.4. The summed E-state index contributed by atoms with van der Waals surface area (Å²) in [5, 5.41) is 0. The zero-order valence-electron chi connectivity index (χ0n) is 7.55. The maximum Gasteiger partial charge on any atom is 0.451 e. The molecule has 0 saturated heterocycles. The molecule has 0 N–H and O–H groups in total. The van der Waals surface area contributed by atoms with Crippen molar-refractivity contribution in [2.75, 3.05) is 0 Å². The summed E-state index contributed by atoms with van der Waals surface area (Å²) >= 11 is 0. The van der Waals surface area contributed by atoms with Crippen LogP contribution in [0.2, 0.25) is 0 Å². The van der Waals surface area contributed by atoms with Crippen molar-refractivity contribution in [1.82, 2.24) is 4.98 Å². The second kappa shape index (κ2) is 3.43. The Morgan fingerprint density at radius 1 is 1.50 bits per heavy atom. The minimum absolute atomic E-state index is 0.435. The lowest BCUT2D eigenvalue weighted by molar-refractivity contribution is -0.153. The van der Waals surface area contributed by atoms with E-state index in [2.05, 4.69) is 9.40 Å². The largest absolute Gasteiger partial charge is 0.451 e. The van der Waals surface area contributed by atoms with Crippen LogP contribution in [-0.2, 0) is 6.18 Å². The molecule has 0 unspecified atom stereocenters. The predicted octanol–water partition coefficient (Wildman–Crippen LogP) is 2.53. The highest BCUT2D eigenvalue weighted by Crippen LogP contribution is 2.29. The van der Waals surface area contributed by atoms with Gasteiger partial charge >= 0.3 is 6.18 Å². The molecule has 0 spiro atoms. The van der Waals surface area contributed by atoms with Crippen LogP contribution < -0.4 is 0 Å². The molecule has 14 heavy (non-hydrogen) atoms. The SMILES string of the molecule is CC(C)C(=O)c1ncc(C(F)(F)F)o1. The summed E-state index contributed by atoms with van der Waals surface area (Å²) in [6, 6.07) is 0. The van der Waals surface area contributed by atoms with E-state index in [1.54, 1.807) is 13.8 Å². The van der Waals surface area contributed by atoms with Crippen molar-refractivity contribution in [3.63, 3.8) is 0 Å².